The summed E-state index contributed by atoms with van der Waals surface area (Å²) in [5, 5.41) is 0.717. The third-order valence-electron chi connectivity index (χ3n) is 2.95. The van der Waals surface area contributed by atoms with Gasteiger partial charge in [0.1, 0.15) is 10.7 Å². The highest BCUT2D eigenvalue weighted by atomic mass is 79.9. The molecule has 0 radical (unpaired) electrons. The minimum Gasteiger partial charge on any atom is -0.371 e. The van der Waals surface area contributed by atoms with Gasteiger partial charge in [-0.15, -0.1) is 0 Å². The molecule has 0 amide bonds. The van der Waals surface area contributed by atoms with E-state index in [1.807, 2.05) is 11.8 Å². The van der Waals surface area contributed by atoms with Crippen LogP contribution in [0.25, 0.3) is 0 Å². The van der Waals surface area contributed by atoms with Gasteiger partial charge < -0.3 is 9.64 Å². The first kappa shape index (κ1) is 14.7. The summed E-state index contributed by atoms with van der Waals surface area (Å²) in [6.45, 7) is 3.25. The highest BCUT2D eigenvalue weighted by molar-refractivity contribution is 9.09. The van der Waals surface area contributed by atoms with Crippen LogP contribution in [0.15, 0.2) is 23.2 Å². The second-order valence-corrected chi connectivity index (χ2v) is 7.36. The topological polar surface area (TPSA) is 59.5 Å². The second kappa shape index (κ2) is 5.76. The maximum Gasteiger partial charge on any atom is 0.179 e. The Labute approximate surface area is 122 Å². The molecule has 1 aliphatic rings. The fourth-order valence-electron chi connectivity index (χ4n) is 2.21. The minimum atomic E-state index is -3.28. The van der Waals surface area contributed by atoms with E-state index in [9.17, 15) is 8.42 Å². The summed E-state index contributed by atoms with van der Waals surface area (Å²) < 4.78 is 29.4. The number of hydrogen-bond donors (Lipinski definition) is 0. The smallest absolute Gasteiger partial charge is 0.179 e. The van der Waals surface area contributed by atoms with Crippen molar-refractivity contribution in [3.8, 4) is 0 Å². The zero-order valence-electron chi connectivity index (χ0n) is 10.9. The second-order valence-electron chi connectivity index (χ2n) is 4.73. The number of morpholine rings is 1. The summed E-state index contributed by atoms with van der Waals surface area (Å²) >= 11 is 3.41. The number of alkyl halides is 1. The van der Waals surface area contributed by atoms with Gasteiger partial charge in [-0.1, -0.05) is 15.9 Å². The number of pyridine rings is 1. The predicted molar refractivity (Wildman–Crippen MR) is 77.7 cm³/mol. The molecule has 1 aromatic rings. The van der Waals surface area contributed by atoms with E-state index in [-0.39, 0.29) is 17.1 Å². The molecule has 0 aliphatic carbocycles. The van der Waals surface area contributed by atoms with Crippen molar-refractivity contribution in [3.05, 3.63) is 18.3 Å². The van der Waals surface area contributed by atoms with Crippen LogP contribution < -0.4 is 4.90 Å². The van der Waals surface area contributed by atoms with Gasteiger partial charge in [0.15, 0.2) is 9.84 Å². The molecule has 0 N–H and O–H groups in total. The van der Waals surface area contributed by atoms with Gasteiger partial charge in [-0.25, -0.2) is 13.4 Å². The van der Waals surface area contributed by atoms with E-state index in [4.69, 9.17) is 4.74 Å². The lowest BCUT2D eigenvalue weighted by molar-refractivity contribution is -0.00240. The van der Waals surface area contributed by atoms with Crippen molar-refractivity contribution >= 4 is 31.6 Å². The Balaban J connectivity index is 2.36. The summed E-state index contributed by atoms with van der Waals surface area (Å²) in [5.41, 5.74) is 0. The largest absolute Gasteiger partial charge is 0.371 e. The molecular formula is C12H17BrN2O3S. The van der Waals surface area contributed by atoms with Crippen LogP contribution in [0.3, 0.4) is 0 Å². The van der Waals surface area contributed by atoms with Crippen molar-refractivity contribution in [2.24, 2.45) is 0 Å². The lowest BCUT2D eigenvalue weighted by atomic mass is 10.2. The quantitative estimate of drug-likeness (QED) is 0.774. The standard InChI is InChI=1S/C12H17BrN2O3S/c1-9-7-15(8-10(6-13)18-9)12-11(19(2,16)17)4-3-5-14-12/h3-5,9-10H,6-8H2,1-2H3. The number of sulfone groups is 1. The van der Waals surface area contributed by atoms with Crippen LogP contribution >= 0.6 is 15.9 Å². The normalized spacial score (nSPS) is 24.5. The average molecular weight is 349 g/mol. The first-order chi connectivity index (χ1) is 8.91. The highest BCUT2D eigenvalue weighted by Gasteiger charge is 2.28. The molecule has 1 fully saturated rings. The number of anilines is 1. The molecule has 0 aromatic carbocycles. The third kappa shape index (κ3) is 3.46. The molecule has 1 aromatic heterocycles. The maximum atomic E-state index is 11.8. The van der Waals surface area contributed by atoms with E-state index in [0.717, 1.165) is 5.33 Å². The monoisotopic (exact) mass is 348 g/mol. The molecule has 0 saturated carbocycles. The van der Waals surface area contributed by atoms with Crippen LogP contribution in [0, 0.1) is 0 Å². The van der Waals surface area contributed by atoms with E-state index in [2.05, 4.69) is 20.9 Å². The summed E-state index contributed by atoms with van der Waals surface area (Å²) in [7, 11) is -3.28. The maximum absolute atomic E-state index is 11.8. The number of halogens is 1. The van der Waals surface area contributed by atoms with Crippen molar-refractivity contribution in [3.63, 3.8) is 0 Å². The molecule has 1 aliphatic heterocycles. The van der Waals surface area contributed by atoms with Gasteiger partial charge in [0, 0.05) is 30.9 Å². The lowest BCUT2D eigenvalue weighted by Gasteiger charge is -2.37. The highest BCUT2D eigenvalue weighted by Crippen LogP contribution is 2.25. The summed E-state index contributed by atoms with van der Waals surface area (Å²) in [6.07, 6.45) is 2.91. The minimum absolute atomic E-state index is 0.0400. The number of aromatic nitrogens is 1. The molecule has 0 spiro atoms. The number of ether oxygens (including phenoxy) is 1. The molecule has 2 heterocycles. The van der Waals surface area contributed by atoms with Crippen molar-refractivity contribution in [1.29, 1.82) is 0 Å². The molecule has 5 nitrogen and oxygen atoms in total. The van der Waals surface area contributed by atoms with Gasteiger partial charge in [0.2, 0.25) is 0 Å². The molecule has 2 rings (SSSR count). The Hall–Kier alpha value is -0.660. The van der Waals surface area contributed by atoms with Crippen LogP contribution in [-0.2, 0) is 14.6 Å². The molecule has 19 heavy (non-hydrogen) atoms. The third-order valence-corrected chi connectivity index (χ3v) is 4.79. The molecule has 2 unspecified atom stereocenters. The Morgan fingerprint density at radius 3 is 2.89 bits per heavy atom. The van der Waals surface area contributed by atoms with Gasteiger partial charge in [-0.3, -0.25) is 0 Å². The summed E-state index contributed by atoms with van der Waals surface area (Å²) in [6, 6.07) is 3.24. The Morgan fingerprint density at radius 1 is 1.53 bits per heavy atom. The van der Waals surface area contributed by atoms with E-state index in [1.54, 1.807) is 18.3 Å². The van der Waals surface area contributed by atoms with Crippen LogP contribution in [0.1, 0.15) is 6.92 Å². The number of rotatable bonds is 3. The zero-order valence-corrected chi connectivity index (χ0v) is 13.3. The molecule has 0 bridgehead atoms. The SMILES string of the molecule is CC1CN(c2ncccc2S(C)(=O)=O)CC(CBr)O1. The van der Waals surface area contributed by atoms with Gasteiger partial charge in [-0.2, -0.15) is 0 Å². The van der Waals surface area contributed by atoms with E-state index in [1.165, 1.54) is 6.26 Å². The van der Waals surface area contributed by atoms with Crippen molar-refractivity contribution in [2.45, 2.75) is 24.0 Å². The Morgan fingerprint density at radius 2 is 2.26 bits per heavy atom. The van der Waals surface area contributed by atoms with Crippen molar-refractivity contribution in [2.75, 3.05) is 29.6 Å². The van der Waals surface area contributed by atoms with Gasteiger partial charge in [0.05, 0.1) is 12.2 Å². The first-order valence-electron chi connectivity index (χ1n) is 6.03. The van der Waals surface area contributed by atoms with Crippen molar-refractivity contribution < 1.29 is 13.2 Å². The van der Waals surface area contributed by atoms with Gasteiger partial charge in [-0.05, 0) is 19.1 Å². The predicted octanol–water partition coefficient (Wildman–Crippen LogP) is 1.47. The average Bonchev–Trinajstić information content (AvgIpc) is 2.37. The Bertz CT molecular complexity index is 550. The number of hydrogen-bond acceptors (Lipinski definition) is 5. The summed E-state index contributed by atoms with van der Waals surface area (Å²) in [4.78, 5) is 6.51. The van der Waals surface area contributed by atoms with E-state index < -0.39 is 9.84 Å². The van der Waals surface area contributed by atoms with Crippen LogP contribution in [-0.4, -0.2) is 50.3 Å². The fourth-order valence-corrected chi connectivity index (χ4v) is 3.41. The molecule has 106 valence electrons. The molecular weight excluding hydrogens is 332 g/mol. The molecule has 2 atom stereocenters. The first-order valence-corrected chi connectivity index (χ1v) is 9.04. The summed E-state index contributed by atoms with van der Waals surface area (Å²) in [5.74, 6) is 0.520. The van der Waals surface area contributed by atoms with Crippen molar-refractivity contribution in [1.82, 2.24) is 4.98 Å². The van der Waals surface area contributed by atoms with Crippen LogP contribution in [0.5, 0.6) is 0 Å². The van der Waals surface area contributed by atoms with Gasteiger partial charge >= 0.3 is 0 Å². The zero-order chi connectivity index (χ0) is 14.0. The van der Waals surface area contributed by atoms with Crippen LogP contribution in [0.2, 0.25) is 0 Å². The molecule has 1 saturated heterocycles. The van der Waals surface area contributed by atoms with E-state index in [0.29, 0.717) is 18.9 Å². The van der Waals surface area contributed by atoms with Gasteiger partial charge in [0.25, 0.3) is 0 Å². The molecule has 7 heteroatoms. The van der Waals surface area contributed by atoms with E-state index >= 15 is 0 Å². The lowest BCUT2D eigenvalue weighted by Crippen LogP contribution is -2.48. The van der Waals surface area contributed by atoms with Crippen LogP contribution in [0.4, 0.5) is 5.82 Å². The Kier molecular flexibility index (Phi) is 4.47. The number of nitrogens with zero attached hydrogens (tertiary/aromatic N) is 2. The fraction of sp³-hybridized carbons (Fsp3) is 0.583.